The molecule has 0 bridgehead atoms. The van der Waals surface area contributed by atoms with E-state index in [0.717, 1.165) is 0 Å². The molecule has 19 heavy (non-hydrogen) atoms. The van der Waals surface area contributed by atoms with Crippen LogP contribution in [0, 0.1) is 6.92 Å². The first kappa shape index (κ1) is 13.4. The molecule has 0 radical (unpaired) electrons. The summed E-state index contributed by atoms with van der Waals surface area (Å²) in [5.74, 6) is -2.23. The van der Waals surface area contributed by atoms with Gasteiger partial charge in [-0.05, 0) is 24.6 Å². The van der Waals surface area contributed by atoms with Crippen molar-refractivity contribution in [3.63, 3.8) is 0 Å². The zero-order valence-electron chi connectivity index (χ0n) is 10.5. The summed E-state index contributed by atoms with van der Waals surface area (Å²) in [6.07, 6.45) is 0. The van der Waals surface area contributed by atoms with Crippen molar-refractivity contribution in [1.82, 2.24) is 0 Å². The van der Waals surface area contributed by atoms with Gasteiger partial charge in [0.25, 0.3) is 0 Å². The fourth-order valence-corrected chi connectivity index (χ4v) is 2.27. The Labute approximate surface area is 110 Å². The van der Waals surface area contributed by atoms with Gasteiger partial charge < -0.3 is 19.8 Å². The maximum Gasteiger partial charge on any atom is 0.338 e. The zero-order valence-corrected chi connectivity index (χ0v) is 10.5. The van der Waals surface area contributed by atoms with Gasteiger partial charge in [-0.3, -0.25) is 0 Å². The van der Waals surface area contributed by atoms with Gasteiger partial charge in [0.1, 0.15) is 0 Å². The quantitative estimate of drug-likeness (QED) is 0.854. The van der Waals surface area contributed by atoms with E-state index in [2.05, 4.69) is 0 Å². The van der Waals surface area contributed by atoms with Crippen LogP contribution in [0.2, 0.25) is 0 Å². The van der Waals surface area contributed by atoms with Crippen LogP contribution >= 0.6 is 0 Å². The van der Waals surface area contributed by atoms with E-state index in [1.54, 1.807) is 6.07 Å². The van der Waals surface area contributed by atoms with Crippen molar-refractivity contribution in [3.8, 4) is 0 Å². The van der Waals surface area contributed by atoms with Gasteiger partial charge in [0, 0.05) is 13.1 Å². The second-order valence-corrected chi connectivity index (χ2v) is 4.34. The number of hydrogen-bond donors (Lipinski definition) is 2. The van der Waals surface area contributed by atoms with Crippen molar-refractivity contribution < 1.29 is 24.5 Å². The third-order valence-corrected chi connectivity index (χ3v) is 3.24. The highest BCUT2D eigenvalue weighted by atomic mass is 16.5. The van der Waals surface area contributed by atoms with Crippen LogP contribution in [0.1, 0.15) is 26.3 Å². The lowest BCUT2D eigenvalue weighted by molar-refractivity contribution is 0.0695. The van der Waals surface area contributed by atoms with Crippen LogP contribution < -0.4 is 4.90 Å². The molecule has 0 unspecified atom stereocenters. The highest BCUT2D eigenvalue weighted by Gasteiger charge is 2.23. The maximum absolute atomic E-state index is 11.4. The van der Waals surface area contributed by atoms with Crippen molar-refractivity contribution in [3.05, 3.63) is 28.8 Å². The van der Waals surface area contributed by atoms with Gasteiger partial charge in [-0.2, -0.15) is 0 Å². The SMILES string of the molecule is Cc1c(C(=O)O)ccc(N2CCOCC2)c1C(=O)O. The molecule has 0 saturated carbocycles. The van der Waals surface area contributed by atoms with E-state index < -0.39 is 11.9 Å². The minimum Gasteiger partial charge on any atom is -0.478 e. The second kappa shape index (κ2) is 5.27. The average Bonchev–Trinajstić information content (AvgIpc) is 2.38. The van der Waals surface area contributed by atoms with E-state index in [9.17, 15) is 14.7 Å². The molecule has 1 aliphatic rings. The number of anilines is 1. The molecule has 0 amide bonds. The first-order valence-corrected chi connectivity index (χ1v) is 5.95. The highest BCUT2D eigenvalue weighted by Crippen LogP contribution is 2.27. The first-order chi connectivity index (χ1) is 9.02. The Kier molecular flexibility index (Phi) is 3.71. The lowest BCUT2D eigenvalue weighted by Gasteiger charge is -2.30. The van der Waals surface area contributed by atoms with E-state index in [0.29, 0.717) is 32.0 Å². The van der Waals surface area contributed by atoms with Crippen molar-refractivity contribution in [2.24, 2.45) is 0 Å². The van der Waals surface area contributed by atoms with E-state index in [-0.39, 0.29) is 16.7 Å². The van der Waals surface area contributed by atoms with Gasteiger partial charge in [0.05, 0.1) is 30.0 Å². The van der Waals surface area contributed by atoms with E-state index in [1.807, 2.05) is 4.90 Å². The summed E-state index contributed by atoms with van der Waals surface area (Å²) in [6.45, 7) is 3.81. The molecule has 2 rings (SSSR count). The predicted molar refractivity (Wildman–Crippen MR) is 68.1 cm³/mol. The number of aromatic carboxylic acids is 2. The molecule has 1 fully saturated rings. The molecule has 6 nitrogen and oxygen atoms in total. The van der Waals surface area contributed by atoms with Crippen molar-refractivity contribution in [2.45, 2.75) is 6.92 Å². The van der Waals surface area contributed by atoms with Crippen LogP contribution in [0.15, 0.2) is 12.1 Å². The summed E-state index contributed by atoms with van der Waals surface area (Å²) in [6, 6.07) is 3.01. The van der Waals surface area contributed by atoms with Gasteiger partial charge >= 0.3 is 11.9 Å². The number of rotatable bonds is 3. The Morgan fingerprint density at radius 3 is 2.32 bits per heavy atom. The molecule has 1 aromatic carbocycles. The number of carboxylic acids is 2. The average molecular weight is 265 g/mol. The summed E-state index contributed by atoms with van der Waals surface area (Å²) in [4.78, 5) is 24.4. The van der Waals surface area contributed by atoms with Gasteiger partial charge in [-0.1, -0.05) is 0 Å². The lowest BCUT2D eigenvalue weighted by Crippen LogP contribution is -2.37. The standard InChI is InChI=1S/C13H15NO5/c1-8-9(12(15)16)2-3-10(11(8)13(17)18)14-4-6-19-7-5-14/h2-3H,4-7H2,1H3,(H,15,16)(H,17,18). The Hall–Kier alpha value is -2.08. The van der Waals surface area contributed by atoms with E-state index in [4.69, 9.17) is 9.84 Å². The van der Waals surface area contributed by atoms with Gasteiger partial charge in [0.2, 0.25) is 0 Å². The molecule has 2 N–H and O–H groups in total. The lowest BCUT2D eigenvalue weighted by atomic mass is 9.99. The summed E-state index contributed by atoms with van der Waals surface area (Å²) >= 11 is 0. The van der Waals surface area contributed by atoms with Crippen molar-refractivity contribution in [2.75, 3.05) is 31.2 Å². The fourth-order valence-electron chi connectivity index (χ4n) is 2.27. The van der Waals surface area contributed by atoms with Crippen LogP contribution in [0.4, 0.5) is 5.69 Å². The smallest absolute Gasteiger partial charge is 0.338 e. The molecule has 0 spiro atoms. The van der Waals surface area contributed by atoms with E-state index >= 15 is 0 Å². The normalized spacial score (nSPS) is 15.3. The molecular weight excluding hydrogens is 250 g/mol. The van der Waals surface area contributed by atoms with E-state index in [1.165, 1.54) is 13.0 Å². The summed E-state index contributed by atoms with van der Waals surface area (Å²) in [7, 11) is 0. The van der Waals surface area contributed by atoms with Gasteiger partial charge in [0.15, 0.2) is 0 Å². The Morgan fingerprint density at radius 1 is 1.16 bits per heavy atom. The number of hydrogen-bond acceptors (Lipinski definition) is 4. The van der Waals surface area contributed by atoms with Crippen molar-refractivity contribution in [1.29, 1.82) is 0 Å². The van der Waals surface area contributed by atoms with Gasteiger partial charge in [-0.15, -0.1) is 0 Å². The molecule has 102 valence electrons. The Morgan fingerprint density at radius 2 is 1.79 bits per heavy atom. The van der Waals surface area contributed by atoms with Crippen LogP contribution in [0.3, 0.4) is 0 Å². The number of carbonyl (C=O) groups is 2. The second-order valence-electron chi connectivity index (χ2n) is 4.34. The number of carboxylic acid groups (broad SMARTS) is 2. The predicted octanol–water partition coefficient (Wildman–Crippen LogP) is 1.23. The third-order valence-electron chi connectivity index (χ3n) is 3.24. The largest absolute Gasteiger partial charge is 0.478 e. The Bertz CT molecular complexity index is 520. The number of morpholine rings is 1. The summed E-state index contributed by atoms with van der Waals surface area (Å²) in [5.41, 5.74) is 0.915. The summed E-state index contributed by atoms with van der Waals surface area (Å²) < 4.78 is 5.23. The molecule has 1 heterocycles. The van der Waals surface area contributed by atoms with Gasteiger partial charge in [-0.25, -0.2) is 9.59 Å². The Balaban J connectivity index is 2.51. The minimum absolute atomic E-state index is 0.0226. The number of nitrogens with zero attached hydrogens (tertiary/aromatic N) is 1. The third kappa shape index (κ3) is 2.53. The van der Waals surface area contributed by atoms with Crippen LogP contribution in [-0.2, 0) is 4.74 Å². The van der Waals surface area contributed by atoms with Crippen LogP contribution in [0.5, 0.6) is 0 Å². The molecule has 1 aliphatic heterocycles. The van der Waals surface area contributed by atoms with Crippen molar-refractivity contribution >= 4 is 17.6 Å². The number of ether oxygens (including phenoxy) is 1. The monoisotopic (exact) mass is 265 g/mol. The fraction of sp³-hybridized carbons (Fsp3) is 0.385. The maximum atomic E-state index is 11.4. The molecular formula is C13H15NO5. The minimum atomic E-state index is -1.12. The molecule has 0 aromatic heterocycles. The topological polar surface area (TPSA) is 87.1 Å². The number of benzene rings is 1. The summed E-state index contributed by atoms with van der Waals surface area (Å²) in [5, 5.41) is 18.4. The highest BCUT2D eigenvalue weighted by molar-refractivity contribution is 6.01. The molecule has 0 aliphatic carbocycles. The molecule has 1 saturated heterocycles. The molecule has 1 aromatic rings. The zero-order chi connectivity index (χ0) is 14.0. The molecule has 6 heteroatoms. The van der Waals surface area contributed by atoms with Crippen LogP contribution in [0.25, 0.3) is 0 Å². The molecule has 0 atom stereocenters. The van der Waals surface area contributed by atoms with Crippen LogP contribution in [-0.4, -0.2) is 48.5 Å². The first-order valence-electron chi connectivity index (χ1n) is 5.95.